The standard InChI is InChI=1S/C19H19ClN4O3S2/c1-13-11-21-19(28-13)23-18-8-4-6-15(22-18)16-12-24(9-10-27-16)29(25,26)17-7-3-2-5-14(17)20/h2-8,11,16H,9-10,12H2,1H3,(H,21,22,23). The number of halogens is 1. The molecule has 1 aliphatic heterocycles. The lowest BCUT2D eigenvalue weighted by Gasteiger charge is -2.32. The van der Waals surface area contributed by atoms with Gasteiger partial charge in [-0.1, -0.05) is 29.8 Å². The van der Waals surface area contributed by atoms with Crippen molar-refractivity contribution < 1.29 is 13.2 Å². The summed E-state index contributed by atoms with van der Waals surface area (Å²) in [6.07, 6.45) is 1.32. The smallest absolute Gasteiger partial charge is 0.244 e. The van der Waals surface area contributed by atoms with Gasteiger partial charge in [0.1, 0.15) is 16.8 Å². The third-order valence-corrected chi connectivity index (χ3v) is 7.63. The van der Waals surface area contributed by atoms with Gasteiger partial charge in [-0.15, -0.1) is 11.3 Å². The molecule has 0 radical (unpaired) electrons. The second kappa shape index (κ2) is 8.37. The molecule has 1 atom stereocenters. The van der Waals surface area contributed by atoms with Crippen LogP contribution in [0, 0.1) is 6.92 Å². The van der Waals surface area contributed by atoms with Crippen molar-refractivity contribution in [2.24, 2.45) is 0 Å². The highest BCUT2D eigenvalue weighted by atomic mass is 35.5. The van der Waals surface area contributed by atoms with Gasteiger partial charge in [-0.3, -0.25) is 0 Å². The van der Waals surface area contributed by atoms with Crippen LogP contribution in [0.2, 0.25) is 5.02 Å². The maximum absolute atomic E-state index is 13.0. The van der Waals surface area contributed by atoms with Crippen molar-refractivity contribution in [3.63, 3.8) is 0 Å². The van der Waals surface area contributed by atoms with E-state index in [0.717, 1.165) is 10.0 Å². The van der Waals surface area contributed by atoms with Crippen LogP contribution in [0.4, 0.5) is 10.9 Å². The molecule has 0 aliphatic carbocycles. The molecule has 1 N–H and O–H groups in total. The lowest BCUT2D eigenvalue weighted by Crippen LogP contribution is -2.42. The number of morpholine rings is 1. The van der Waals surface area contributed by atoms with Crippen LogP contribution in [0.15, 0.2) is 53.6 Å². The Morgan fingerprint density at radius 3 is 2.83 bits per heavy atom. The first kappa shape index (κ1) is 20.2. The SMILES string of the molecule is Cc1cnc(Nc2cccc(C3CN(S(=O)(=O)c4ccccc4Cl)CCO3)n2)s1. The van der Waals surface area contributed by atoms with Gasteiger partial charge in [0.05, 0.1) is 17.3 Å². The number of rotatable bonds is 5. The normalized spacial score (nSPS) is 17.9. The highest BCUT2D eigenvalue weighted by Crippen LogP contribution is 2.30. The molecule has 1 fully saturated rings. The highest BCUT2D eigenvalue weighted by molar-refractivity contribution is 7.89. The summed E-state index contributed by atoms with van der Waals surface area (Å²) in [6.45, 7) is 2.69. The van der Waals surface area contributed by atoms with Gasteiger partial charge in [-0.05, 0) is 31.2 Å². The second-order valence-corrected chi connectivity index (χ2v) is 10.0. The Kier molecular flexibility index (Phi) is 5.84. The molecule has 1 aromatic carbocycles. The van der Waals surface area contributed by atoms with Crippen LogP contribution in [-0.2, 0) is 14.8 Å². The molecule has 0 amide bonds. The van der Waals surface area contributed by atoms with E-state index in [1.165, 1.54) is 21.7 Å². The zero-order chi connectivity index (χ0) is 20.4. The molecule has 10 heteroatoms. The summed E-state index contributed by atoms with van der Waals surface area (Å²) in [5.74, 6) is 0.631. The Labute approximate surface area is 178 Å². The van der Waals surface area contributed by atoms with Gasteiger partial charge in [0.25, 0.3) is 0 Å². The molecule has 29 heavy (non-hydrogen) atoms. The summed E-state index contributed by atoms with van der Waals surface area (Å²) in [5, 5.41) is 4.13. The number of sulfonamides is 1. The number of nitrogens with one attached hydrogen (secondary N) is 1. The number of aryl methyl sites for hydroxylation is 1. The number of anilines is 2. The third-order valence-electron chi connectivity index (χ3n) is 4.44. The first-order valence-corrected chi connectivity index (χ1v) is 11.6. The molecule has 1 aliphatic rings. The van der Waals surface area contributed by atoms with E-state index in [2.05, 4.69) is 15.3 Å². The minimum atomic E-state index is -3.72. The number of pyridine rings is 1. The molecule has 0 bridgehead atoms. The molecule has 152 valence electrons. The molecule has 0 saturated carbocycles. The zero-order valence-corrected chi connectivity index (χ0v) is 18.0. The van der Waals surface area contributed by atoms with Crippen molar-refractivity contribution in [3.8, 4) is 0 Å². The van der Waals surface area contributed by atoms with E-state index in [1.54, 1.807) is 24.4 Å². The van der Waals surface area contributed by atoms with E-state index in [-0.39, 0.29) is 29.6 Å². The van der Waals surface area contributed by atoms with E-state index in [1.807, 2.05) is 25.1 Å². The van der Waals surface area contributed by atoms with E-state index in [9.17, 15) is 8.42 Å². The van der Waals surface area contributed by atoms with E-state index in [4.69, 9.17) is 16.3 Å². The number of ether oxygens (including phenoxy) is 1. The largest absolute Gasteiger partial charge is 0.369 e. The zero-order valence-electron chi connectivity index (χ0n) is 15.6. The summed E-state index contributed by atoms with van der Waals surface area (Å²) in [5.41, 5.74) is 0.655. The van der Waals surface area contributed by atoms with Crippen LogP contribution in [0.3, 0.4) is 0 Å². The first-order valence-electron chi connectivity index (χ1n) is 8.96. The first-order chi connectivity index (χ1) is 13.9. The van der Waals surface area contributed by atoms with Gasteiger partial charge >= 0.3 is 0 Å². The summed E-state index contributed by atoms with van der Waals surface area (Å²) >= 11 is 7.65. The van der Waals surface area contributed by atoms with E-state index >= 15 is 0 Å². The number of hydrogen-bond donors (Lipinski definition) is 1. The summed E-state index contributed by atoms with van der Waals surface area (Å²) < 4.78 is 33.3. The minimum Gasteiger partial charge on any atom is -0.369 e. The fourth-order valence-electron chi connectivity index (χ4n) is 3.04. The van der Waals surface area contributed by atoms with Crippen LogP contribution in [-0.4, -0.2) is 42.4 Å². The second-order valence-electron chi connectivity index (χ2n) is 6.50. The van der Waals surface area contributed by atoms with Crippen molar-refractivity contribution in [1.82, 2.24) is 14.3 Å². The molecule has 3 aromatic rings. The number of hydrogen-bond acceptors (Lipinski definition) is 7. The van der Waals surface area contributed by atoms with Gasteiger partial charge in [0.15, 0.2) is 5.13 Å². The van der Waals surface area contributed by atoms with Crippen LogP contribution >= 0.6 is 22.9 Å². The summed E-state index contributed by atoms with van der Waals surface area (Å²) in [6, 6.07) is 12.0. The quantitative estimate of drug-likeness (QED) is 0.632. The number of nitrogens with zero attached hydrogens (tertiary/aromatic N) is 3. The van der Waals surface area contributed by atoms with Crippen molar-refractivity contribution >= 4 is 43.9 Å². The molecule has 3 heterocycles. The van der Waals surface area contributed by atoms with Crippen LogP contribution in [0.1, 0.15) is 16.7 Å². The maximum atomic E-state index is 13.0. The predicted molar refractivity (Wildman–Crippen MR) is 113 cm³/mol. The Morgan fingerprint density at radius 2 is 2.07 bits per heavy atom. The Bertz CT molecular complexity index is 1120. The van der Waals surface area contributed by atoms with Gasteiger partial charge in [-0.2, -0.15) is 4.31 Å². The van der Waals surface area contributed by atoms with Gasteiger partial charge in [0.2, 0.25) is 10.0 Å². The van der Waals surface area contributed by atoms with Gasteiger partial charge < -0.3 is 10.1 Å². The molecule has 2 aromatic heterocycles. The topological polar surface area (TPSA) is 84.4 Å². The molecule has 0 spiro atoms. The average molecular weight is 451 g/mol. The Morgan fingerprint density at radius 1 is 1.24 bits per heavy atom. The molecular formula is C19H19ClN4O3S2. The highest BCUT2D eigenvalue weighted by Gasteiger charge is 2.33. The van der Waals surface area contributed by atoms with Gasteiger partial charge in [0, 0.05) is 24.2 Å². The molecule has 7 nitrogen and oxygen atoms in total. The van der Waals surface area contributed by atoms with Crippen LogP contribution in [0.5, 0.6) is 0 Å². The van der Waals surface area contributed by atoms with Crippen LogP contribution < -0.4 is 5.32 Å². The number of thiazole rings is 1. The summed E-state index contributed by atoms with van der Waals surface area (Å²) in [4.78, 5) is 10.1. The third kappa shape index (κ3) is 4.44. The lowest BCUT2D eigenvalue weighted by molar-refractivity contribution is -0.00486. The lowest BCUT2D eigenvalue weighted by atomic mass is 10.2. The summed E-state index contributed by atoms with van der Waals surface area (Å²) in [7, 11) is -3.72. The van der Waals surface area contributed by atoms with Crippen molar-refractivity contribution in [2.75, 3.05) is 25.0 Å². The minimum absolute atomic E-state index is 0.102. The molecule has 4 rings (SSSR count). The molecule has 1 unspecified atom stereocenters. The molecule has 1 saturated heterocycles. The molecular weight excluding hydrogens is 432 g/mol. The van der Waals surface area contributed by atoms with E-state index < -0.39 is 16.1 Å². The predicted octanol–water partition coefficient (Wildman–Crippen LogP) is 4.01. The Balaban J connectivity index is 1.54. The van der Waals surface area contributed by atoms with Crippen molar-refractivity contribution in [3.05, 3.63) is 64.3 Å². The fraction of sp³-hybridized carbons (Fsp3) is 0.263. The van der Waals surface area contributed by atoms with Gasteiger partial charge in [-0.25, -0.2) is 18.4 Å². The maximum Gasteiger partial charge on any atom is 0.244 e. The average Bonchev–Trinajstić information content (AvgIpc) is 3.13. The van der Waals surface area contributed by atoms with E-state index in [0.29, 0.717) is 11.5 Å². The monoisotopic (exact) mass is 450 g/mol. The number of benzene rings is 1. The van der Waals surface area contributed by atoms with Crippen molar-refractivity contribution in [2.45, 2.75) is 17.9 Å². The fourth-order valence-corrected chi connectivity index (χ4v) is 5.63. The van der Waals surface area contributed by atoms with Crippen molar-refractivity contribution in [1.29, 1.82) is 0 Å². The Hall–Kier alpha value is -2.04. The van der Waals surface area contributed by atoms with Crippen LogP contribution in [0.25, 0.3) is 0 Å². The number of aromatic nitrogens is 2.